The lowest BCUT2D eigenvalue weighted by molar-refractivity contribution is -0.149. The lowest BCUT2D eigenvalue weighted by atomic mass is 10.1. The highest BCUT2D eigenvalue weighted by Gasteiger charge is 2.39. The van der Waals surface area contributed by atoms with Crippen LogP contribution in [-0.4, -0.2) is 247 Å². The first kappa shape index (κ1) is 102. The minimum Gasteiger partial charge on any atom is -0.465 e. The van der Waals surface area contributed by atoms with Gasteiger partial charge in [-0.2, -0.15) is 0 Å². The van der Waals surface area contributed by atoms with Gasteiger partial charge in [0, 0.05) is 118 Å². The highest BCUT2D eigenvalue weighted by Crippen LogP contribution is 2.25. The molecule has 5 rings (SSSR count). The quantitative estimate of drug-likeness (QED) is 0.0312. The summed E-state index contributed by atoms with van der Waals surface area (Å²) in [6.45, 7) is 26.3. The van der Waals surface area contributed by atoms with E-state index in [0.29, 0.717) is 118 Å². The van der Waals surface area contributed by atoms with Crippen LogP contribution in [0.5, 0.6) is 0 Å². The van der Waals surface area contributed by atoms with Crippen LogP contribution in [0.3, 0.4) is 0 Å². The Morgan fingerprint density at radius 3 is 0.734 bits per heavy atom. The van der Waals surface area contributed by atoms with Crippen molar-refractivity contribution in [2.45, 2.75) is 312 Å². The van der Waals surface area contributed by atoms with Crippen molar-refractivity contribution in [1.82, 2.24) is 34.3 Å². The van der Waals surface area contributed by atoms with Gasteiger partial charge in [0.2, 0.25) is 29.5 Å². The molecule has 5 atom stereocenters. The van der Waals surface area contributed by atoms with Crippen LogP contribution in [0.2, 0.25) is 0 Å². The number of hydrogen-bond donors (Lipinski definition) is 0. The van der Waals surface area contributed by atoms with Crippen molar-refractivity contribution >= 4 is 59.4 Å². The van der Waals surface area contributed by atoms with Gasteiger partial charge >= 0.3 is 29.8 Å². The van der Waals surface area contributed by atoms with E-state index in [9.17, 15) is 47.9 Å². The van der Waals surface area contributed by atoms with Crippen molar-refractivity contribution in [3.05, 3.63) is 0 Å². The molecule has 109 heavy (non-hydrogen) atoms. The second-order valence-corrected chi connectivity index (χ2v) is 31.4. The molecule has 23 heteroatoms. The summed E-state index contributed by atoms with van der Waals surface area (Å²) in [7, 11) is 9.63. The number of hydrogen-bond acceptors (Lipinski definition) is 18. The molecule has 0 aromatic carbocycles. The van der Waals surface area contributed by atoms with Crippen LogP contribution < -0.4 is 0 Å². The van der Waals surface area contributed by atoms with E-state index in [2.05, 4.69) is 53.4 Å². The van der Waals surface area contributed by atoms with Crippen LogP contribution in [-0.2, 0) is 76.4 Å². The average Bonchev–Trinajstić information content (AvgIpc) is 1.76. The summed E-state index contributed by atoms with van der Waals surface area (Å²) >= 11 is 0. The highest BCUT2D eigenvalue weighted by atomic mass is 16.5. The summed E-state index contributed by atoms with van der Waals surface area (Å²) in [5.41, 5.74) is 0. The number of nitrogens with zero attached hydrogens (tertiary/aromatic N) is 7. The molecule has 0 spiro atoms. The van der Waals surface area contributed by atoms with Gasteiger partial charge in [0.05, 0.1) is 62.6 Å². The topological polar surface area (TPSA) is 249 Å². The fourth-order valence-corrected chi connectivity index (χ4v) is 13.6. The van der Waals surface area contributed by atoms with Crippen molar-refractivity contribution < 1.29 is 76.4 Å². The Bertz CT molecular complexity index is 2420. The summed E-state index contributed by atoms with van der Waals surface area (Å²) in [6.07, 6.45) is 43.2. The number of carbonyl (C=O) groups is 10. The van der Waals surface area contributed by atoms with Crippen LogP contribution in [0.4, 0.5) is 0 Å². The van der Waals surface area contributed by atoms with Gasteiger partial charge in [-0.15, -0.1) is 0 Å². The molecule has 634 valence electrons. The molecule has 5 fully saturated rings. The highest BCUT2D eigenvalue weighted by molar-refractivity contribution is 5.89. The molecule has 0 aromatic heterocycles. The predicted octanol–water partition coefficient (Wildman–Crippen LogP) is 14.8. The summed E-state index contributed by atoms with van der Waals surface area (Å²) in [4.78, 5) is 132. The predicted molar refractivity (Wildman–Crippen MR) is 433 cm³/mol. The first-order chi connectivity index (χ1) is 52.6. The van der Waals surface area contributed by atoms with Gasteiger partial charge in [-0.05, 0) is 92.5 Å². The number of likely N-dealkylation sites (N-methyl/N-ethyl adjacent to an activating group) is 1. The van der Waals surface area contributed by atoms with E-state index in [4.69, 9.17) is 28.4 Å². The van der Waals surface area contributed by atoms with Gasteiger partial charge in [0.1, 0.15) is 0 Å². The van der Waals surface area contributed by atoms with Gasteiger partial charge in [0.15, 0.2) is 0 Å². The van der Waals surface area contributed by atoms with E-state index in [0.717, 1.165) is 129 Å². The molecule has 5 heterocycles. The molecule has 0 radical (unpaired) electrons. The van der Waals surface area contributed by atoms with Crippen LogP contribution in [0, 0.1) is 29.6 Å². The molecule has 5 aliphatic rings. The van der Waals surface area contributed by atoms with E-state index < -0.39 is 0 Å². The average molecular weight is 1550 g/mol. The van der Waals surface area contributed by atoms with Gasteiger partial charge in [0.25, 0.3) is 0 Å². The number of esters is 5. The Labute approximate surface area is 661 Å². The molecular weight excluding hydrogens is 1390 g/mol. The van der Waals surface area contributed by atoms with Crippen molar-refractivity contribution in [2.75, 3.05) is 153 Å². The zero-order valence-electron chi connectivity index (χ0n) is 71.3. The third kappa shape index (κ3) is 50.3. The molecule has 5 amide bonds. The minimum atomic E-state index is -0.281. The largest absolute Gasteiger partial charge is 0.465 e. The summed E-state index contributed by atoms with van der Waals surface area (Å²) in [5, 5.41) is 0. The first-order valence-electron chi connectivity index (χ1n) is 43.6. The van der Waals surface area contributed by atoms with Crippen LogP contribution in [0.25, 0.3) is 0 Å². The number of unbranched alkanes of at least 4 members (excludes halogenated alkanes) is 27. The number of carbonyl (C=O) groups excluding carboxylic acids is 10. The number of likely N-dealkylation sites (tertiary alicyclic amines) is 5. The number of ether oxygens (including phenoxy) is 6. The molecule has 0 N–H and O–H groups in total. The second kappa shape index (κ2) is 67.1. The normalized spacial score (nSPS) is 18.2. The standard InChI is InChI=1S/C23H43NO3.C17H31NO3.C16H30N2O3.C15H28N2O3.C15H27NO4/c1-3-5-7-8-9-10-11-12-13-14-15-16-17-24-20-21(19-22(24)25)23(26)27-18-6-4-2;1-3-5-7-9-11-18-14-15(13-16(18)19)17(20)21-12-10-8-6-4-2;1-4-5-6-7-11-21-16(20)14-12-15(19)18(13-14)10-8-9-17(2)3;1-4-5-6-7-10-20-15(19)13-11-14(18)17(12-13)9-8-16(2)3;1-3-4-5-6-10-20-15(18)13-11-14(17)16(12-13)8-7-9-19-2/h21H,3-20H2,1-2H3;15H,3-14H2,1-2H3;14H,4-13H2,1-3H3;13H,4-12H2,1-3H3;13H,3-12H2,1-2H3. The zero-order valence-corrected chi connectivity index (χ0v) is 71.3. The van der Waals surface area contributed by atoms with Crippen LogP contribution >= 0.6 is 0 Å². The van der Waals surface area contributed by atoms with Crippen molar-refractivity contribution in [1.29, 1.82) is 0 Å². The van der Waals surface area contributed by atoms with E-state index in [1.165, 1.54) is 135 Å². The van der Waals surface area contributed by atoms with Gasteiger partial charge in [-0.1, -0.05) is 222 Å². The minimum absolute atomic E-state index is 0.0500. The van der Waals surface area contributed by atoms with E-state index >= 15 is 0 Å². The van der Waals surface area contributed by atoms with Gasteiger partial charge < -0.3 is 62.7 Å². The fraction of sp³-hybridized carbons (Fsp3) is 0.884. The van der Waals surface area contributed by atoms with E-state index in [-0.39, 0.29) is 89.0 Å². The Balaban J connectivity index is 0.000000685. The summed E-state index contributed by atoms with van der Waals surface area (Å²) in [5.74, 6) is -1.85. The Morgan fingerprint density at radius 1 is 0.266 bits per heavy atom. The maximum atomic E-state index is 12.1. The van der Waals surface area contributed by atoms with Crippen LogP contribution in [0.15, 0.2) is 0 Å². The fourth-order valence-electron chi connectivity index (χ4n) is 13.6. The number of methoxy groups -OCH3 is 1. The third-order valence-corrected chi connectivity index (χ3v) is 20.6. The molecular formula is C86H159N7O16. The van der Waals surface area contributed by atoms with Gasteiger partial charge in [-0.25, -0.2) is 0 Å². The van der Waals surface area contributed by atoms with E-state index in [1.54, 1.807) is 21.8 Å². The SMILES string of the molecule is CCCCCCCCCCCCCCN1CC(C(=O)OCCCC)CC1=O.CCCCCCOC(=O)C1CC(=O)N(CCCCCC)C1.CCCCCCOC(=O)C1CC(=O)N(CCCN(C)C)C1.CCCCCCOC(=O)C1CC(=O)N(CCCOC)C1.CCCCCCOC(=O)C1CC(=O)N(CCN(C)C)C1. The zero-order chi connectivity index (χ0) is 80.7. The molecule has 5 saturated heterocycles. The smallest absolute Gasteiger partial charge is 0.311 e. The molecule has 0 aliphatic carbocycles. The third-order valence-electron chi connectivity index (χ3n) is 20.6. The molecule has 5 aliphatic heterocycles. The molecule has 0 bridgehead atoms. The first-order valence-corrected chi connectivity index (χ1v) is 43.6. The second-order valence-electron chi connectivity index (χ2n) is 31.4. The molecule has 0 aromatic rings. The summed E-state index contributed by atoms with van der Waals surface area (Å²) < 4.78 is 31.3. The molecule has 5 unspecified atom stereocenters. The Kier molecular flexibility index (Phi) is 62.6. The molecule has 0 saturated carbocycles. The van der Waals surface area contributed by atoms with Crippen molar-refractivity contribution in [3.8, 4) is 0 Å². The monoisotopic (exact) mass is 1550 g/mol. The number of amides is 5. The van der Waals surface area contributed by atoms with Crippen molar-refractivity contribution in [2.24, 2.45) is 29.6 Å². The van der Waals surface area contributed by atoms with E-state index in [1.807, 2.05) is 42.9 Å². The lowest BCUT2D eigenvalue weighted by Crippen LogP contribution is -2.33. The molecule has 23 nitrogen and oxygen atoms in total. The Morgan fingerprint density at radius 2 is 0.477 bits per heavy atom. The summed E-state index contributed by atoms with van der Waals surface area (Å²) in [6, 6.07) is 0. The maximum absolute atomic E-state index is 12.1. The van der Waals surface area contributed by atoms with Crippen molar-refractivity contribution in [3.63, 3.8) is 0 Å². The number of rotatable bonds is 57. The van der Waals surface area contributed by atoms with Gasteiger partial charge in [-0.3, -0.25) is 47.9 Å². The van der Waals surface area contributed by atoms with Crippen LogP contribution in [0.1, 0.15) is 312 Å². The lowest BCUT2D eigenvalue weighted by Gasteiger charge is -2.19. The Hall–Kier alpha value is -5.42. The maximum Gasteiger partial charge on any atom is 0.311 e.